The summed E-state index contributed by atoms with van der Waals surface area (Å²) in [5.41, 5.74) is 0. The van der Waals surface area contributed by atoms with Gasteiger partial charge in [0.15, 0.2) is 0 Å². The fourth-order valence-corrected chi connectivity index (χ4v) is 2.96. The van der Waals surface area contributed by atoms with Crippen LogP contribution in [-0.2, 0) is 0 Å². The van der Waals surface area contributed by atoms with E-state index in [0.29, 0.717) is 12.6 Å². The monoisotopic (exact) mass is 361 g/mol. The molecule has 4 heteroatoms. The third-order valence-corrected chi connectivity index (χ3v) is 4.16. The lowest BCUT2D eigenvalue weighted by molar-refractivity contribution is 0.301. The molecule has 0 bridgehead atoms. The molecule has 0 spiro atoms. The summed E-state index contributed by atoms with van der Waals surface area (Å²) in [6.45, 7) is 3.87. The van der Waals surface area contributed by atoms with E-state index in [0.717, 1.165) is 27.2 Å². The van der Waals surface area contributed by atoms with E-state index >= 15 is 0 Å². The van der Waals surface area contributed by atoms with Crippen molar-refractivity contribution >= 4 is 31.9 Å². The van der Waals surface area contributed by atoms with Gasteiger partial charge in [0.25, 0.3) is 0 Å². The van der Waals surface area contributed by atoms with Crippen LogP contribution >= 0.6 is 31.9 Å². The number of ether oxygens (including phenoxy) is 1. The second kappa shape index (κ2) is 6.21. The Morgan fingerprint density at radius 3 is 2.82 bits per heavy atom. The molecule has 94 valence electrons. The van der Waals surface area contributed by atoms with Crippen LogP contribution in [0.4, 0.5) is 0 Å². The van der Waals surface area contributed by atoms with Crippen molar-refractivity contribution in [2.45, 2.75) is 25.8 Å². The smallest absolute Gasteiger partial charge is 0.133 e. The Morgan fingerprint density at radius 1 is 1.41 bits per heavy atom. The van der Waals surface area contributed by atoms with Gasteiger partial charge in [-0.15, -0.1) is 0 Å². The maximum atomic E-state index is 5.71. The van der Waals surface area contributed by atoms with Crippen LogP contribution in [0.5, 0.6) is 5.75 Å². The van der Waals surface area contributed by atoms with Gasteiger partial charge in [-0.05, 0) is 59.8 Å². The van der Waals surface area contributed by atoms with Crippen LogP contribution in [-0.4, -0.2) is 19.2 Å². The topological polar surface area (TPSA) is 21.3 Å². The number of halogens is 2. The predicted molar refractivity (Wildman–Crippen MR) is 77.5 cm³/mol. The summed E-state index contributed by atoms with van der Waals surface area (Å²) in [6.07, 6.45) is 2.76. The van der Waals surface area contributed by atoms with Gasteiger partial charge < -0.3 is 10.1 Å². The van der Waals surface area contributed by atoms with Crippen LogP contribution in [0.2, 0.25) is 0 Å². The van der Waals surface area contributed by atoms with Crippen molar-refractivity contribution in [2.75, 3.05) is 13.2 Å². The minimum absolute atomic E-state index is 0.631. The highest BCUT2D eigenvalue weighted by Gasteiger charge is 2.27. The van der Waals surface area contributed by atoms with E-state index in [2.05, 4.69) is 44.1 Å². The van der Waals surface area contributed by atoms with Crippen molar-refractivity contribution < 1.29 is 4.74 Å². The van der Waals surface area contributed by atoms with Crippen molar-refractivity contribution in [3.63, 3.8) is 0 Å². The molecule has 2 rings (SSSR count). The molecule has 1 aliphatic rings. The maximum Gasteiger partial charge on any atom is 0.133 e. The molecule has 1 N–H and O–H groups in total. The summed E-state index contributed by atoms with van der Waals surface area (Å²) >= 11 is 6.91. The van der Waals surface area contributed by atoms with Crippen LogP contribution in [0.25, 0.3) is 0 Å². The lowest BCUT2D eigenvalue weighted by Crippen LogP contribution is -2.31. The molecule has 2 nitrogen and oxygen atoms in total. The number of rotatable bonds is 6. The summed E-state index contributed by atoms with van der Waals surface area (Å²) < 4.78 is 7.75. The van der Waals surface area contributed by atoms with Gasteiger partial charge in [0.2, 0.25) is 0 Å². The van der Waals surface area contributed by atoms with Gasteiger partial charge in [-0.1, -0.05) is 15.9 Å². The summed E-state index contributed by atoms with van der Waals surface area (Å²) in [5.74, 6) is 1.79. The average molecular weight is 363 g/mol. The summed E-state index contributed by atoms with van der Waals surface area (Å²) in [5, 5.41) is 3.50. The minimum Gasteiger partial charge on any atom is -0.491 e. The zero-order valence-electron chi connectivity index (χ0n) is 9.88. The van der Waals surface area contributed by atoms with Gasteiger partial charge in [-0.2, -0.15) is 0 Å². The molecular formula is C13H17Br2NO. The zero-order chi connectivity index (χ0) is 12.3. The first-order valence-corrected chi connectivity index (χ1v) is 7.56. The normalized spacial score (nSPS) is 16.9. The highest BCUT2D eigenvalue weighted by Crippen LogP contribution is 2.32. The van der Waals surface area contributed by atoms with Crippen LogP contribution < -0.4 is 10.1 Å². The summed E-state index contributed by atoms with van der Waals surface area (Å²) in [4.78, 5) is 0. The van der Waals surface area contributed by atoms with Crippen molar-refractivity contribution in [1.82, 2.24) is 5.32 Å². The molecule has 1 aliphatic carbocycles. The number of hydrogen-bond acceptors (Lipinski definition) is 2. The second-order valence-corrected chi connectivity index (χ2v) is 6.27. The van der Waals surface area contributed by atoms with Gasteiger partial charge in [0.1, 0.15) is 12.4 Å². The SMILES string of the molecule is CC(NCCOc1ccc(Br)cc1Br)C1CC1. The Bertz CT molecular complexity index is 380. The molecule has 1 unspecified atom stereocenters. The van der Waals surface area contributed by atoms with Crippen LogP contribution in [0.3, 0.4) is 0 Å². The standard InChI is InChI=1S/C13H17Br2NO/c1-9(10-2-3-10)16-6-7-17-13-5-4-11(14)8-12(13)15/h4-5,8-10,16H,2-3,6-7H2,1H3. The maximum absolute atomic E-state index is 5.71. The molecule has 1 saturated carbocycles. The Balaban J connectivity index is 1.70. The molecular weight excluding hydrogens is 346 g/mol. The molecule has 0 radical (unpaired) electrons. The summed E-state index contributed by atoms with van der Waals surface area (Å²) in [6, 6.07) is 6.58. The van der Waals surface area contributed by atoms with Gasteiger partial charge in [0.05, 0.1) is 4.47 Å². The van der Waals surface area contributed by atoms with Crippen molar-refractivity contribution in [2.24, 2.45) is 5.92 Å². The Hall–Kier alpha value is -0.0600. The molecule has 0 heterocycles. The highest BCUT2D eigenvalue weighted by molar-refractivity contribution is 9.11. The number of hydrogen-bond donors (Lipinski definition) is 1. The largest absolute Gasteiger partial charge is 0.491 e. The molecule has 1 fully saturated rings. The Labute approximate surface area is 119 Å². The first-order chi connectivity index (χ1) is 8.16. The van der Waals surface area contributed by atoms with Crippen molar-refractivity contribution in [1.29, 1.82) is 0 Å². The molecule has 0 aliphatic heterocycles. The molecule has 1 aromatic rings. The fourth-order valence-electron chi connectivity index (χ4n) is 1.80. The molecule has 1 atom stereocenters. The van der Waals surface area contributed by atoms with Gasteiger partial charge in [0, 0.05) is 17.1 Å². The van der Waals surface area contributed by atoms with E-state index in [-0.39, 0.29) is 0 Å². The van der Waals surface area contributed by atoms with Gasteiger partial charge >= 0.3 is 0 Å². The third kappa shape index (κ3) is 4.27. The Morgan fingerprint density at radius 2 is 2.18 bits per heavy atom. The van der Waals surface area contributed by atoms with Crippen molar-refractivity contribution in [3.05, 3.63) is 27.1 Å². The van der Waals surface area contributed by atoms with E-state index in [4.69, 9.17) is 4.74 Å². The van der Waals surface area contributed by atoms with E-state index < -0.39 is 0 Å². The quantitative estimate of drug-likeness (QED) is 0.773. The second-order valence-electron chi connectivity index (χ2n) is 4.50. The Kier molecular flexibility index (Phi) is 4.88. The third-order valence-electron chi connectivity index (χ3n) is 3.05. The minimum atomic E-state index is 0.631. The molecule has 1 aromatic carbocycles. The first-order valence-electron chi connectivity index (χ1n) is 5.98. The number of nitrogens with one attached hydrogen (secondary N) is 1. The lowest BCUT2D eigenvalue weighted by atomic mass is 10.2. The lowest BCUT2D eigenvalue weighted by Gasteiger charge is -2.13. The number of benzene rings is 1. The van der Waals surface area contributed by atoms with E-state index in [1.54, 1.807) is 0 Å². The van der Waals surface area contributed by atoms with E-state index in [1.165, 1.54) is 12.8 Å². The van der Waals surface area contributed by atoms with E-state index in [9.17, 15) is 0 Å². The van der Waals surface area contributed by atoms with E-state index in [1.807, 2.05) is 18.2 Å². The van der Waals surface area contributed by atoms with Gasteiger partial charge in [-0.25, -0.2) is 0 Å². The van der Waals surface area contributed by atoms with Gasteiger partial charge in [-0.3, -0.25) is 0 Å². The van der Waals surface area contributed by atoms with Crippen LogP contribution in [0.1, 0.15) is 19.8 Å². The molecule has 0 saturated heterocycles. The predicted octanol–water partition coefficient (Wildman–Crippen LogP) is 3.98. The summed E-state index contributed by atoms with van der Waals surface area (Å²) in [7, 11) is 0. The average Bonchev–Trinajstić information content (AvgIpc) is 3.10. The highest BCUT2D eigenvalue weighted by atomic mass is 79.9. The molecule has 17 heavy (non-hydrogen) atoms. The molecule has 0 aromatic heterocycles. The first kappa shape index (κ1) is 13.4. The van der Waals surface area contributed by atoms with Crippen molar-refractivity contribution in [3.8, 4) is 5.75 Å². The van der Waals surface area contributed by atoms with Crippen LogP contribution in [0.15, 0.2) is 27.1 Å². The fraction of sp³-hybridized carbons (Fsp3) is 0.538. The molecule has 0 amide bonds. The zero-order valence-corrected chi connectivity index (χ0v) is 13.1. The van der Waals surface area contributed by atoms with Crippen LogP contribution in [0, 0.1) is 5.92 Å².